The number of carbonyl (C=O) groups is 2. The van der Waals surface area contributed by atoms with Gasteiger partial charge >= 0.3 is 0 Å². The van der Waals surface area contributed by atoms with Crippen LogP contribution in [0.4, 0.5) is 5.69 Å². The van der Waals surface area contributed by atoms with Gasteiger partial charge in [0.15, 0.2) is 0 Å². The first-order valence-corrected chi connectivity index (χ1v) is 8.34. The molecule has 0 aliphatic carbocycles. The molecule has 1 aromatic heterocycles. The molecule has 25 heavy (non-hydrogen) atoms. The Labute approximate surface area is 146 Å². The van der Waals surface area contributed by atoms with Gasteiger partial charge in [-0.25, -0.2) is 4.98 Å². The standard InChI is InChI=1S/C19H21N3O3/c1-12(2)25-19-15(4-3-9-20-19)11-21-18(24)14-5-7-16-13(10-14)6-8-17(23)22-16/h3-5,7,9-10,12H,6,8,11H2,1-2H3,(H,21,24)(H,22,23). The number of anilines is 1. The number of fused-ring (bicyclic) bond motifs is 1. The van der Waals surface area contributed by atoms with Crippen LogP contribution < -0.4 is 15.4 Å². The van der Waals surface area contributed by atoms with Crippen LogP contribution in [-0.4, -0.2) is 22.9 Å². The summed E-state index contributed by atoms with van der Waals surface area (Å²) < 4.78 is 5.67. The maximum Gasteiger partial charge on any atom is 0.251 e. The first kappa shape index (κ1) is 17.0. The predicted octanol–water partition coefficient (Wildman–Crippen LogP) is 2.68. The molecule has 1 aromatic carbocycles. The van der Waals surface area contributed by atoms with Crippen molar-refractivity contribution in [3.05, 3.63) is 53.2 Å². The Morgan fingerprint density at radius 3 is 2.96 bits per heavy atom. The lowest BCUT2D eigenvalue weighted by Crippen LogP contribution is -2.25. The molecule has 0 saturated carbocycles. The summed E-state index contributed by atoms with van der Waals surface area (Å²) in [6.07, 6.45) is 2.78. The van der Waals surface area contributed by atoms with Crippen LogP contribution in [0.5, 0.6) is 5.88 Å². The molecule has 0 saturated heterocycles. The number of rotatable bonds is 5. The zero-order valence-electron chi connectivity index (χ0n) is 14.3. The number of amides is 2. The number of hydrogen-bond acceptors (Lipinski definition) is 4. The molecule has 0 atom stereocenters. The fourth-order valence-corrected chi connectivity index (χ4v) is 2.69. The number of carbonyl (C=O) groups excluding carboxylic acids is 2. The summed E-state index contributed by atoms with van der Waals surface area (Å²) in [4.78, 5) is 28.1. The summed E-state index contributed by atoms with van der Waals surface area (Å²) in [5, 5.41) is 5.71. The Hall–Kier alpha value is -2.89. The van der Waals surface area contributed by atoms with E-state index in [-0.39, 0.29) is 17.9 Å². The van der Waals surface area contributed by atoms with Crippen molar-refractivity contribution in [1.82, 2.24) is 10.3 Å². The minimum Gasteiger partial charge on any atom is -0.475 e. The third-order valence-corrected chi connectivity index (χ3v) is 3.90. The van der Waals surface area contributed by atoms with Gasteiger partial charge < -0.3 is 15.4 Å². The van der Waals surface area contributed by atoms with Gasteiger partial charge in [-0.1, -0.05) is 6.07 Å². The first-order valence-electron chi connectivity index (χ1n) is 8.34. The van der Waals surface area contributed by atoms with E-state index in [9.17, 15) is 9.59 Å². The Kier molecular flexibility index (Phi) is 4.97. The third kappa shape index (κ3) is 4.15. The summed E-state index contributed by atoms with van der Waals surface area (Å²) in [6.45, 7) is 4.20. The quantitative estimate of drug-likeness (QED) is 0.878. The highest BCUT2D eigenvalue weighted by molar-refractivity contribution is 5.97. The van der Waals surface area contributed by atoms with Crippen LogP contribution in [-0.2, 0) is 17.8 Å². The van der Waals surface area contributed by atoms with E-state index >= 15 is 0 Å². The monoisotopic (exact) mass is 339 g/mol. The molecule has 0 radical (unpaired) electrons. The zero-order valence-corrected chi connectivity index (χ0v) is 14.3. The van der Waals surface area contributed by atoms with Gasteiger partial charge in [-0.3, -0.25) is 9.59 Å². The summed E-state index contributed by atoms with van der Waals surface area (Å²) in [7, 11) is 0. The van der Waals surface area contributed by atoms with Crippen molar-refractivity contribution in [3.8, 4) is 5.88 Å². The second-order valence-electron chi connectivity index (χ2n) is 6.24. The van der Waals surface area contributed by atoms with Crippen molar-refractivity contribution >= 4 is 17.5 Å². The Morgan fingerprint density at radius 1 is 1.32 bits per heavy atom. The number of aryl methyl sites for hydroxylation is 1. The minimum absolute atomic E-state index is 0.0129. The van der Waals surface area contributed by atoms with E-state index in [1.54, 1.807) is 18.3 Å². The van der Waals surface area contributed by atoms with Crippen LogP contribution in [0.15, 0.2) is 36.5 Å². The third-order valence-electron chi connectivity index (χ3n) is 3.90. The van der Waals surface area contributed by atoms with E-state index in [1.807, 2.05) is 32.0 Å². The Bertz CT molecular complexity index is 802. The molecule has 130 valence electrons. The fraction of sp³-hybridized carbons (Fsp3) is 0.316. The van der Waals surface area contributed by atoms with Gasteiger partial charge in [0.2, 0.25) is 11.8 Å². The van der Waals surface area contributed by atoms with Crippen LogP contribution in [0.25, 0.3) is 0 Å². The molecule has 0 spiro atoms. The molecule has 0 bridgehead atoms. The number of benzene rings is 1. The number of pyridine rings is 1. The molecule has 0 unspecified atom stereocenters. The summed E-state index contributed by atoms with van der Waals surface area (Å²) in [6, 6.07) is 9.02. The second-order valence-corrected chi connectivity index (χ2v) is 6.24. The van der Waals surface area contributed by atoms with E-state index in [4.69, 9.17) is 4.74 Å². The molecule has 1 aliphatic rings. The minimum atomic E-state index is -0.168. The second kappa shape index (κ2) is 7.34. The lowest BCUT2D eigenvalue weighted by molar-refractivity contribution is -0.116. The number of hydrogen-bond donors (Lipinski definition) is 2. The zero-order chi connectivity index (χ0) is 17.8. The average Bonchev–Trinajstić information content (AvgIpc) is 2.59. The van der Waals surface area contributed by atoms with Crippen molar-refractivity contribution in [2.75, 3.05) is 5.32 Å². The smallest absolute Gasteiger partial charge is 0.251 e. The summed E-state index contributed by atoms with van der Waals surface area (Å²) in [5.74, 6) is 0.379. The highest BCUT2D eigenvalue weighted by Crippen LogP contribution is 2.23. The van der Waals surface area contributed by atoms with Crippen LogP contribution in [0.3, 0.4) is 0 Å². The van der Waals surface area contributed by atoms with Crippen LogP contribution in [0.1, 0.15) is 41.8 Å². The molecular formula is C19H21N3O3. The maximum absolute atomic E-state index is 12.4. The molecule has 1 aliphatic heterocycles. The van der Waals surface area contributed by atoms with Crippen LogP contribution in [0, 0.1) is 0 Å². The predicted molar refractivity (Wildman–Crippen MR) is 94.6 cm³/mol. The van der Waals surface area contributed by atoms with E-state index in [0.717, 1.165) is 16.8 Å². The van der Waals surface area contributed by atoms with Crippen molar-refractivity contribution in [2.24, 2.45) is 0 Å². The SMILES string of the molecule is CC(C)Oc1ncccc1CNC(=O)c1ccc2c(c1)CCC(=O)N2. The molecule has 6 nitrogen and oxygen atoms in total. The van der Waals surface area contributed by atoms with Gasteiger partial charge in [-0.15, -0.1) is 0 Å². The average molecular weight is 339 g/mol. The molecule has 2 heterocycles. The lowest BCUT2D eigenvalue weighted by Gasteiger charge is -2.17. The molecule has 3 rings (SSSR count). The first-order chi connectivity index (χ1) is 12.0. The molecule has 2 N–H and O–H groups in total. The van der Waals surface area contributed by atoms with Gasteiger partial charge in [0.1, 0.15) is 0 Å². The number of nitrogens with zero attached hydrogens (tertiary/aromatic N) is 1. The van der Waals surface area contributed by atoms with Crippen LogP contribution in [0.2, 0.25) is 0 Å². The van der Waals surface area contributed by atoms with Gasteiger partial charge in [-0.05, 0) is 50.1 Å². The van der Waals surface area contributed by atoms with Crippen molar-refractivity contribution < 1.29 is 14.3 Å². The van der Waals surface area contributed by atoms with Crippen molar-refractivity contribution in [3.63, 3.8) is 0 Å². The van der Waals surface area contributed by atoms with Gasteiger partial charge in [0, 0.05) is 36.0 Å². The summed E-state index contributed by atoms with van der Waals surface area (Å²) >= 11 is 0. The normalized spacial score (nSPS) is 13.2. The largest absolute Gasteiger partial charge is 0.475 e. The molecule has 0 fully saturated rings. The van der Waals surface area contributed by atoms with Gasteiger partial charge in [0.25, 0.3) is 5.91 Å². The molecular weight excluding hydrogens is 318 g/mol. The highest BCUT2D eigenvalue weighted by Gasteiger charge is 2.17. The van der Waals surface area contributed by atoms with Crippen molar-refractivity contribution in [2.45, 2.75) is 39.3 Å². The van der Waals surface area contributed by atoms with Gasteiger partial charge in [-0.2, -0.15) is 0 Å². The molecule has 2 aromatic rings. The fourth-order valence-electron chi connectivity index (χ4n) is 2.69. The molecule has 6 heteroatoms. The topological polar surface area (TPSA) is 80.3 Å². The number of ether oxygens (including phenoxy) is 1. The number of nitrogens with one attached hydrogen (secondary N) is 2. The van der Waals surface area contributed by atoms with E-state index in [0.29, 0.717) is 30.8 Å². The van der Waals surface area contributed by atoms with Crippen molar-refractivity contribution in [1.29, 1.82) is 0 Å². The lowest BCUT2D eigenvalue weighted by atomic mass is 10.00. The number of aromatic nitrogens is 1. The van der Waals surface area contributed by atoms with Crippen LogP contribution >= 0.6 is 0 Å². The van der Waals surface area contributed by atoms with Gasteiger partial charge in [0.05, 0.1) is 6.10 Å². The van der Waals surface area contributed by atoms with E-state index in [1.165, 1.54) is 0 Å². The highest BCUT2D eigenvalue weighted by atomic mass is 16.5. The molecule has 2 amide bonds. The maximum atomic E-state index is 12.4. The van der Waals surface area contributed by atoms with E-state index < -0.39 is 0 Å². The van der Waals surface area contributed by atoms with E-state index in [2.05, 4.69) is 15.6 Å². The Balaban J connectivity index is 1.68. The Morgan fingerprint density at radius 2 is 2.16 bits per heavy atom. The summed E-state index contributed by atoms with van der Waals surface area (Å²) in [5.41, 5.74) is 3.17.